The van der Waals surface area contributed by atoms with Crippen LogP contribution in [0.1, 0.15) is 5.56 Å². The fraction of sp³-hybridized carbons (Fsp3) is 0.0192. The van der Waals surface area contributed by atoms with Crippen molar-refractivity contribution in [2.45, 2.75) is 4.90 Å². The lowest BCUT2D eigenvalue weighted by Crippen LogP contribution is -2.00. The van der Waals surface area contributed by atoms with Crippen LogP contribution in [0, 0.1) is 0 Å². The zero-order valence-corrected chi connectivity index (χ0v) is 33.0. The standard InChI is InChI=1S/C52H34N4S2/c1-33-29-39(17-12-28-57-47-21-11-9-18-40(33)47)56-45-20-10-8-19-41(45)42-30-36(22-25-46(42)56)37-23-26-48-43(31-37)44-32-38(24-27-49(44)58-48)52-54-50(34-13-4-2-5-14-34)53-51(55-52)35-15-6-3-7-16-35/h2-27,29-32H,1,28H2/b17-12-,39-29+. The zero-order chi connectivity index (χ0) is 38.6. The highest BCUT2D eigenvalue weighted by atomic mass is 32.2. The molecule has 7 aromatic carbocycles. The van der Waals surface area contributed by atoms with Gasteiger partial charge in [-0.25, -0.2) is 15.0 Å². The lowest BCUT2D eigenvalue weighted by molar-refractivity contribution is 1.07. The van der Waals surface area contributed by atoms with Crippen LogP contribution in [0.25, 0.3) is 98.5 Å². The Morgan fingerprint density at radius 3 is 1.76 bits per heavy atom. The Bertz CT molecular complexity index is 3240. The highest BCUT2D eigenvalue weighted by molar-refractivity contribution is 7.99. The molecular weight excluding hydrogens is 745 g/mol. The summed E-state index contributed by atoms with van der Waals surface area (Å²) in [6.07, 6.45) is 6.74. The number of thiophene rings is 1. The number of benzene rings is 7. The minimum atomic E-state index is 0.656. The van der Waals surface area contributed by atoms with Crippen LogP contribution in [0.15, 0.2) is 193 Å². The molecule has 1 aliphatic heterocycles. The van der Waals surface area contributed by atoms with Gasteiger partial charge in [-0.1, -0.05) is 122 Å². The number of aromatic nitrogens is 4. The van der Waals surface area contributed by atoms with Crippen LogP contribution in [0.2, 0.25) is 0 Å². The normalized spacial score (nSPS) is 14.6. The van der Waals surface area contributed by atoms with E-state index in [9.17, 15) is 0 Å². The van der Waals surface area contributed by atoms with Crippen LogP contribution in [0.3, 0.4) is 0 Å². The van der Waals surface area contributed by atoms with E-state index in [4.69, 9.17) is 15.0 Å². The smallest absolute Gasteiger partial charge is 0.164 e. The van der Waals surface area contributed by atoms with E-state index in [1.165, 1.54) is 63.6 Å². The molecule has 0 bridgehead atoms. The molecule has 11 rings (SSSR count). The van der Waals surface area contributed by atoms with Crippen molar-refractivity contribution in [3.05, 3.63) is 194 Å². The van der Waals surface area contributed by atoms with E-state index in [1.807, 2.05) is 83.8 Å². The van der Waals surface area contributed by atoms with Crippen molar-refractivity contribution in [2.24, 2.45) is 0 Å². The lowest BCUT2D eigenvalue weighted by Gasteiger charge is -2.11. The minimum absolute atomic E-state index is 0.656. The maximum absolute atomic E-state index is 5.02. The summed E-state index contributed by atoms with van der Waals surface area (Å²) in [5, 5.41) is 4.86. The summed E-state index contributed by atoms with van der Waals surface area (Å²) in [6, 6.07) is 57.9. The number of allylic oxidation sites excluding steroid dienone is 4. The molecule has 4 nitrogen and oxygen atoms in total. The molecule has 4 heterocycles. The molecule has 0 unspecified atom stereocenters. The second kappa shape index (κ2) is 14.3. The molecule has 0 saturated heterocycles. The number of nitrogens with zero attached hydrogens (tertiary/aromatic N) is 4. The molecule has 0 saturated carbocycles. The molecule has 3 aromatic heterocycles. The first-order chi connectivity index (χ1) is 28.6. The van der Waals surface area contributed by atoms with Crippen molar-refractivity contribution in [1.82, 2.24) is 19.5 Å². The first-order valence-electron chi connectivity index (χ1n) is 19.3. The topological polar surface area (TPSA) is 43.6 Å². The summed E-state index contributed by atoms with van der Waals surface area (Å²) in [7, 11) is 0. The number of rotatable bonds is 5. The van der Waals surface area contributed by atoms with Crippen molar-refractivity contribution in [2.75, 3.05) is 5.75 Å². The number of para-hydroxylation sites is 1. The quantitative estimate of drug-likeness (QED) is 0.175. The second-order valence-corrected chi connectivity index (χ2v) is 16.6. The Morgan fingerprint density at radius 1 is 0.483 bits per heavy atom. The monoisotopic (exact) mass is 778 g/mol. The van der Waals surface area contributed by atoms with Gasteiger partial charge in [0.25, 0.3) is 0 Å². The van der Waals surface area contributed by atoms with Crippen molar-refractivity contribution in [3.63, 3.8) is 0 Å². The molecule has 1 aliphatic rings. The van der Waals surface area contributed by atoms with E-state index in [0.717, 1.165) is 33.7 Å². The molecule has 0 amide bonds. The van der Waals surface area contributed by atoms with E-state index < -0.39 is 0 Å². The largest absolute Gasteiger partial charge is 0.309 e. The molecule has 10 aromatic rings. The Hall–Kier alpha value is -6.86. The summed E-state index contributed by atoms with van der Waals surface area (Å²) in [4.78, 5) is 16.2. The minimum Gasteiger partial charge on any atom is -0.309 e. The molecule has 0 spiro atoms. The predicted molar refractivity (Wildman–Crippen MR) is 247 cm³/mol. The maximum Gasteiger partial charge on any atom is 0.164 e. The molecule has 58 heavy (non-hydrogen) atoms. The highest BCUT2D eigenvalue weighted by Crippen LogP contribution is 2.41. The van der Waals surface area contributed by atoms with Crippen LogP contribution in [0.4, 0.5) is 0 Å². The van der Waals surface area contributed by atoms with Crippen molar-refractivity contribution < 1.29 is 0 Å². The molecule has 0 fully saturated rings. The number of hydrogen-bond donors (Lipinski definition) is 0. The molecule has 0 atom stereocenters. The first-order valence-corrected chi connectivity index (χ1v) is 21.1. The molecular formula is C52H34N4S2. The van der Waals surface area contributed by atoms with Gasteiger partial charge in [-0.15, -0.1) is 23.1 Å². The van der Waals surface area contributed by atoms with Gasteiger partial charge in [-0.3, -0.25) is 0 Å². The zero-order valence-electron chi connectivity index (χ0n) is 31.3. The summed E-state index contributed by atoms with van der Waals surface area (Å²) in [5.74, 6) is 2.86. The SMILES string of the molecule is C=C1/C=C(n2c3ccccc3c3cc(-c4ccc5sc6ccc(-c7nc(-c8ccccc8)nc(-c8ccccc8)n7)cc6c5c4)ccc32)\C=C/CSc2ccccc21. The molecule has 274 valence electrons. The van der Waals surface area contributed by atoms with Crippen LogP contribution < -0.4 is 0 Å². The Morgan fingerprint density at radius 2 is 1.03 bits per heavy atom. The average Bonchev–Trinajstić information content (AvgIpc) is 3.84. The number of hydrogen-bond acceptors (Lipinski definition) is 5. The second-order valence-electron chi connectivity index (χ2n) is 14.5. The van der Waals surface area contributed by atoms with Crippen LogP contribution in [-0.4, -0.2) is 25.3 Å². The Labute approximate surface area is 344 Å². The van der Waals surface area contributed by atoms with Gasteiger partial charge in [0.2, 0.25) is 0 Å². The van der Waals surface area contributed by atoms with Gasteiger partial charge in [0.1, 0.15) is 0 Å². The lowest BCUT2D eigenvalue weighted by atomic mass is 10.00. The van der Waals surface area contributed by atoms with Gasteiger partial charge >= 0.3 is 0 Å². The first kappa shape index (κ1) is 34.4. The fourth-order valence-corrected chi connectivity index (χ4v) is 10.0. The molecule has 0 N–H and O–H groups in total. The Kier molecular flexibility index (Phi) is 8.46. The molecule has 6 heteroatoms. The van der Waals surface area contributed by atoms with Crippen molar-refractivity contribution >= 4 is 76.3 Å². The summed E-state index contributed by atoms with van der Waals surface area (Å²) in [6.45, 7) is 4.52. The number of fused-ring (bicyclic) bond motifs is 7. The van der Waals surface area contributed by atoms with Gasteiger partial charge < -0.3 is 4.57 Å². The van der Waals surface area contributed by atoms with Crippen molar-refractivity contribution in [1.29, 1.82) is 0 Å². The van der Waals surface area contributed by atoms with E-state index in [0.29, 0.717) is 17.5 Å². The maximum atomic E-state index is 5.02. The molecule has 0 radical (unpaired) electrons. The van der Waals surface area contributed by atoms with E-state index in [1.54, 1.807) is 0 Å². The van der Waals surface area contributed by atoms with E-state index in [2.05, 4.69) is 133 Å². The van der Waals surface area contributed by atoms with Gasteiger partial charge in [0.05, 0.1) is 11.0 Å². The van der Waals surface area contributed by atoms with Crippen LogP contribution in [-0.2, 0) is 0 Å². The summed E-state index contributed by atoms with van der Waals surface area (Å²) in [5.41, 5.74) is 10.9. The van der Waals surface area contributed by atoms with Crippen molar-refractivity contribution in [3.8, 4) is 45.3 Å². The third kappa shape index (κ3) is 6.06. The molecule has 0 aliphatic carbocycles. The summed E-state index contributed by atoms with van der Waals surface area (Å²) >= 11 is 3.66. The number of thioether (sulfide) groups is 1. The Balaban J connectivity index is 1.02. The highest BCUT2D eigenvalue weighted by Gasteiger charge is 2.18. The van der Waals surface area contributed by atoms with Gasteiger partial charge in [-0.2, -0.15) is 0 Å². The summed E-state index contributed by atoms with van der Waals surface area (Å²) < 4.78 is 4.87. The van der Waals surface area contributed by atoms with E-state index in [-0.39, 0.29) is 0 Å². The van der Waals surface area contributed by atoms with Crippen LogP contribution >= 0.6 is 23.1 Å². The third-order valence-corrected chi connectivity index (χ3v) is 13.0. The van der Waals surface area contributed by atoms with Crippen LogP contribution in [0.5, 0.6) is 0 Å². The third-order valence-electron chi connectivity index (χ3n) is 10.9. The van der Waals surface area contributed by atoms with Gasteiger partial charge in [0.15, 0.2) is 17.5 Å². The van der Waals surface area contributed by atoms with Gasteiger partial charge in [0, 0.05) is 64.0 Å². The predicted octanol–water partition coefficient (Wildman–Crippen LogP) is 14.2. The fourth-order valence-electron chi connectivity index (χ4n) is 8.07. The average molecular weight is 779 g/mol. The van der Waals surface area contributed by atoms with E-state index >= 15 is 0 Å². The van der Waals surface area contributed by atoms with Gasteiger partial charge in [-0.05, 0) is 89.0 Å².